The van der Waals surface area contributed by atoms with E-state index in [1.165, 1.54) is 38.8 Å². The summed E-state index contributed by atoms with van der Waals surface area (Å²) in [7, 11) is 0. The second-order valence-corrected chi connectivity index (χ2v) is 5.48. The van der Waals surface area contributed by atoms with Crippen LogP contribution in [0.5, 0.6) is 0 Å². The van der Waals surface area contributed by atoms with Crippen LogP contribution in [0.25, 0.3) is 0 Å². The van der Waals surface area contributed by atoms with E-state index in [0.29, 0.717) is 12.1 Å². The zero-order valence-corrected chi connectivity index (χ0v) is 13.6. The molecule has 0 heterocycles. The van der Waals surface area contributed by atoms with Crippen molar-refractivity contribution in [3.63, 3.8) is 0 Å². The molecule has 0 rings (SSSR count). The van der Waals surface area contributed by atoms with Crippen LogP contribution in [0.4, 0.5) is 0 Å². The van der Waals surface area contributed by atoms with E-state index in [4.69, 9.17) is 0 Å². The van der Waals surface area contributed by atoms with E-state index in [-0.39, 0.29) is 0 Å². The zero-order valence-electron chi connectivity index (χ0n) is 13.6. The summed E-state index contributed by atoms with van der Waals surface area (Å²) in [6.45, 7) is 17.4. The van der Waals surface area contributed by atoms with Gasteiger partial charge in [0.05, 0.1) is 0 Å². The van der Waals surface area contributed by atoms with Crippen LogP contribution >= 0.6 is 0 Å². The summed E-state index contributed by atoms with van der Waals surface area (Å²) >= 11 is 0. The Bertz CT molecular complexity index is 178. The molecule has 2 atom stereocenters. The summed E-state index contributed by atoms with van der Waals surface area (Å²) in [6, 6.07) is 1.28. The van der Waals surface area contributed by atoms with Gasteiger partial charge in [-0.3, -0.25) is 4.90 Å². The van der Waals surface area contributed by atoms with Gasteiger partial charge in [0.25, 0.3) is 0 Å². The van der Waals surface area contributed by atoms with Crippen molar-refractivity contribution >= 4 is 0 Å². The van der Waals surface area contributed by atoms with Gasteiger partial charge in [0.2, 0.25) is 0 Å². The van der Waals surface area contributed by atoms with Crippen molar-refractivity contribution in [1.82, 2.24) is 10.2 Å². The summed E-state index contributed by atoms with van der Waals surface area (Å²) in [5, 5.41) is 3.70. The Labute approximate surface area is 116 Å². The number of rotatable bonds is 11. The Kier molecular flexibility index (Phi) is 10.8. The van der Waals surface area contributed by atoms with E-state index < -0.39 is 0 Å². The molecule has 0 saturated carbocycles. The fourth-order valence-corrected chi connectivity index (χ4v) is 2.70. The third-order valence-corrected chi connectivity index (χ3v) is 4.31. The third-order valence-electron chi connectivity index (χ3n) is 4.31. The number of hydrogen-bond donors (Lipinski definition) is 1. The average molecular weight is 256 g/mol. The van der Waals surface area contributed by atoms with Gasteiger partial charge in [0.15, 0.2) is 0 Å². The first-order valence-electron chi connectivity index (χ1n) is 8.11. The Balaban J connectivity index is 4.40. The van der Waals surface area contributed by atoms with Gasteiger partial charge in [-0.25, -0.2) is 0 Å². The minimum absolute atomic E-state index is 0.638. The molecule has 0 radical (unpaired) electrons. The van der Waals surface area contributed by atoms with Crippen LogP contribution in [0, 0.1) is 5.92 Å². The molecule has 2 heteroatoms. The Morgan fingerprint density at radius 1 is 0.944 bits per heavy atom. The summed E-state index contributed by atoms with van der Waals surface area (Å²) in [5.41, 5.74) is 0. The molecule has 0 saturated heterocycles. The van der Waals surface area contributed by atoms with Gasteiger partial charge in [-0.2, -0.15) is 0 Å². The van der Waals surface area contributed by atoms with Gasteiger partial charge in [-0.15, -0.1) is 0 Å². The molecule has 110 valence electrons. The first kappa shape index (κ1) is 17.9. The number of hydrogen-bond acceptors (Lipinski definition) is 2. The lowest BCUT2D eigenvalue weighted by atomic mass is 9.99. The van der Waals surface area contributed by atoms with Gasteiger partial charge in [0.1, 0.15) is 0 Å². The standard InChI is InChI=1S/C16H36N2/c1-7-12-17-16(10-4)14(6)18(11-5)13-15(8-2)9-3/h14-17H,7-13H2,1-6H3. The highest BCUT2D eigenvalue weighted by Crippen LogP contribution is 2.15. The van der Waals surface area contributed by atoms with Crippen LogP contribution in [0.2, 0.25) is 0 Å². The van der Waals surface area contributed by atoms with E-state index in [1.807, 2.05) is 0 Å². The summed E-state index contributed by atoms with van der Waals surface area (Å²) in [6.07, 6.45) is 5.06. The molecule has 0 aromatic heterocycles. The van der Waals surface area contributed by atoms with Crippen LogP contribution in [0.15, 0.2) is 0 Å². The van der Waals surface area contributed by atoms with Gasteiger partial charge in [0, 0.05) is 18.6 Å². The van der Waals surface area contributed by atoms with Crippen molar-refractivity contribution in [2.75, 3.05) is 19.6 Å². The monoisotopic (exact) mass is 256 g/mol. The molecule has 0 spiro atoms. The molecule has 2 nitrogen and oxygen atoms in total. The molecule has 0 bridgehead atoms. The molecule has 0 aromatic rings. The third kappa shape index (κ3) is 6.19. The Morgan fingerprint density at radius 3 is 1.94 bits per heavy atom. The summed E-state index contributed by atoms with van der Waals surface area (Å²) < 4.78 is 0. The van der Waals surface area contributed by atoms with Crippen molar-refractivity contribution in [3.05, 3.63) is 0 Å². The van der Waals surface area contributed by atoms with E-state index >= 15 is 0 Å². The van der Waals surface area contributed by atoms with Crippen LogP contribution < -0.4 is 5.32 Å². The van der Waals surface area contributed by atoms with Crippen molar-refractivity contribution in [2.45, 2.75) is 79.3 Å². The molecular formula is C16H36N2. The minimum Gasteiger partial charge on any atom is -0.312 e. The van der Waals surface area contributed by atoms with Gasteiger partial charge >= 0.3 is 0 Å². The first-order chi connectivity index (χ1) is 8.64. The van der Waals surface area contributed by atoms with Crippen LogP contribution in [-0.4, -0.2) is 36.6 Å². The van der Waals surface area contributed by atoms with Gasteiger partial charge < -0.3 is 5.32 Å². The summed E-state index contributed by atoms with van der Waals surface area (Å²) in [4.78, 5) is 2.66. The number of nitrogens with zero attached hydrogens (tertiary/aromatic N) is 1. The van der Waals surface area contributed by atoms with Crippen molar-refractivity contribution < 1.29 is 0 Å². The van der Waals surface area contributed by atoms with E-state index in [1.54, 1.807) is 0 Å². The maximum absolute atomic E-state index is 3.70. The van der Waals surface area contributed by atoms with Crippen LogP contribution in [0.3, 0.4) is 0 Å². The maximum Gasteiger partial charge on any atom is 0.0220 e. The van der Waals surface area contributed by atoms with E-state index in [0.717, 1.165) is 12.5 Å². The topological polar surface area (TPSA) is 15.3 Å². The van der Waals surface area contributed by atoms with Crippen molar-refractivity contribution in [3.8, 4) is 0 Å². The zero-order chi connectivity index (χ0) is 14.0. The highest BCUT2D eigenvalue weighted by Gasteiger charge is 2.22. The van der Waals surface area contributed by atoms with Gasteiger partial charge in [-0.05, 0) is 38.8 Å². The Morgan fingerprint density at radius 2 is 1.56 bits per heavy atom. The quantitative estimate of drug-likeness (QED) is 0.603. The minimum atomic E-state index is 0.638. The predicted octanol–water partition coefficient (Wildman–Crippen LogP) is 3.91. The highest BCUT2D eigenvalue weighted by atomic mass is 15.2. The smallest absolute Gasteiger partial charge is 0.0220 e. The maximum atomic E-state index is 3.70. The molecule has 1 N–H and O–H groups in total. The molecular weight excluding hydrogens is 220 g/mol. The molecule has 0 aliphatic heterocycles. The lowest BCUT2D eigenvalue weighted by Gasteiger charge is -2.36. The molecule has 0 aliphatic rings. The van der Waals surface area contributed by atoms with Crippen molar-refractivity contribution in [1.29, 1.82) is 0 Å². The van der Waals surface area contributed by atoms with Gasteiger partial charge in [-0.1, -0.05) is 47.5 Å². The fourth-order valence-electron chi connectivity index (χ4n) is 2.70. The predicted molar refractivity (Wildman–Crippen MR) is 83.2 cm³/mol. The molecule has 0 aliphatic carbocycles. The second kappa shape index (κ2) is 10.8. The number of likely N-dealkylation sites (N-methyl/N-ethyl adjacent to an activating group) is 1. The normalized spacial score (nSPS) is 15.3. The second-order valence-electron chi connectivity index (χ2n) is 5.48. The van der Waals surface area contributed by atoms with E-state index in [9.17, 15) is 0 Å². The van der Waals surface area contributed by atoms with Crippen molar-refractivity contribution in [2.24, 2.45) is 5.92 Å². The Hall–Kier alpha value is -0.0800. The molecule has 2 unspecified atom stereocenters. The fraction of sp³-hybridized carbons (Fsp3) is 1.00. The average Bonchev–Trinajstić information content (AvgIpc) is 2.41. The largest absolute Gasteiger partial charge is 0.312 e. The lowest BCUT2D eigenvalue weighted by molar-refractivity contribution is 0.146. The van der Waals surface area contributed by atoms with Crippen LogP contribution in [0.1, 0.15) is 67.2 Å². The highest BCUT2D eigenvalue weighted by molar-refractivity contribution is 4.81. The molecule has 0 aromatic carbocycles. The summed E-state index contributed by atoms with van der Waals surface area (Å²) in [5.74, 6) is 0.857. The SMILES string of the molecule is CCCNC(CC)C(C)N(CC)CC(CC)CC. The molecule has 18 heavy (non-hydrogen) atoms. The molecule has 0 amide bonds. The molecule has 0 fully saturated rings. The van der Waals surface area contributed by atoms with E-state index in [2.05, 4.69) is 51.8 Å². The number of nitrogens with one attached hydrogen (secondary N) is 1. The van der Waals surface area contributed by atoms with Crippen LogP contribution in [-0.2, 0) is 0 Å². The first-order valence-corrected chi connectivity index (χ1v) is 8.11. The lowest BCUT2D eigenvalue weighted by Crippen LogP contribution is -2.49.